The minimum atomic E-state index is -0.806. The molecule has 5 rings (SSSR count). The topological polar surface area (TPSA) is 99.4 Å². The molecule has 1 aromatic carbocycles. The van der Waals surface area contributed by atoms with E-state index < -0.39 is 23.0 Å². The van der Waals surface area contributed by atoms with Crippen LogP contribution in [0, 0.1) is 18.7 Å². The molecule has 3 aromatic heterocycles. The van der Waals surface area contributed by atoms with Crippen molar-refractivity contribution in [2.45, 2.75) is 59.1 Å². The normalized spacial score (nSPS) is 14.9. The number of carbonyl (C=O) groups excluding carboxylic acids is 1. The van der Waals surface area contributed by atoms with Gasteiger partial charge in [-0.3, -0.25) is 4.79 Å². The first-order chi connectivity index (χ1) is 20.5. The summed E-state index contributed by atoms with van der Waals surface area (Å²) in [5.74, 6) is 0.599. The number of ether oxygens (including phenoxy) is 2. The van der Waals surface area contributed by atoms with E-state index in [1.807, 2.05) is 65.0 Å². The van der Waals surface area contributed by atoms with Crippen molar-refractivity contribution in [2.24, 2.45) is 5.92 Å². The van der Waals surface area contributed by atoms with Crippen LogP contribution in [-0.2, 0) is 4.74 Å². The molecule has 1 saturated heterocycles. The molecule has 0 radical (unpaired) electrons. The van der Waals surface area contributed by atoms with E-state index >= 15 is 0 Å². The second-order valence-electron chi connectivity index (χ2n) is 11.9. The van der Waals surface area contributed by atoms with E-state index in [2.05, 4.69) is 14.3 Å². The average Bonchev–Trinajstić information content (AvgIpc) is 3.43. The van der Waals surface area contributed by atoms with Crippen LogP contribution in [0.1, 0.15) is 57.8 Å². The lowest BCUT2D eigenvalue weighted by Crippen LogP contribution is -2.42. The first-order valence-corrected chi connectivity index (χ1v) is 15.1. The van der Waals surface area contributed by atoms with Crippen LogP contribution in [0.5, 0.6) is 5.75 Å². The zero-order chi connectivity index (χ0) is 30.7. The largest absolute Gasteiger partial charge is 0.490 e. The quantitative estimate of drug-likeness (QED) is 0.237. The van der Waals surface area contributed by atoms with Crippen LogP contribution < -0.4 is 10.3 Å². The highest BCUT2D eigenvalue weighted by molar-refractivity contribution is 7.09. The zero-order valence-corrected chi connectivity index (χ0v) is 25.9. The first-order valence-electron chi connectivity index (χ1n) is 14.4. The standard InChI is InChI=1S/C32H36FN5O4S/c1-20-13-28(43-36-20)25-15-27(33)30(39)38(18-25)21(2)23-7-6-8-24(14-23)29-34-16-26(17-35-29)41-19-22-9-11-37(12-10-22)31(40)42-32(3,4)5/h6-8,13-18,21-22H,9-12,19H2,1-5H3. The first kappa shape index (κ1) is 30.3. The smallest absolute Gasteiger partial charge is 0.410 e. The van der Waals surface area contributed by atoms with E-state index in [0.717, 1.165) is 34.5 Å². The second-order valence-corrected chi connectivity index (χ2v) is 12.7. The van der Waals surface area contributed by atoms with Gasteiger partial charge in [-0.2, -0.15) is 4.37 Å². The minimum absolute atomic E-state index is 0.270. The Morgan fingerprint density at radius 2 is 1.84 bits per heavy atom. The number of rotatable bonds is 7. The molecule has 226 valence electrons. The molecule has 0 spiro atoms. The van der Waals surface area contributed by atoms with Gasteiger partial charge < -0.3 is 18.9 Å². The van der Waals surface area contributed by atoms with Crippen LogP contribution in [0.15, 0.2) is 59.8 Å². The SMILES string of the molecule is Cc1cc(-c2cc(F)c(=O)n(C(C)c3cccc(-c4ncc(OCC5CCN(C(=O)OC(C)(C)C)CC5)cn4)c3)c2)sn1. The number of carbonyl (C=O) groups is 1. The lowest BCUT2D eigenvalue weighted by molar-refractivity contribution is 0.0165. The van der Waals surface area contributed by atoms with Crippen LogP contribution in [0.4, 0.5) is 9.18 Å². The number of nitrogens with zero attached hydrogens (tertiary/aromatic N) is 5. The van der Waals surface area contributed by atoms with Gasteiger partial charge in [0.05, 0.1) is 35.6 Å². The number of benzene rings is 1. The van der Waals surface area contributed by atoms with E-state index in [1.165, 1.54) is 22.2 Å². The third-order valence-electron chi connectivity index (χ3n) is 7.34. The number of aryl methyl sites for hydroxylation is 1. The fourth-order valence-corrected chi connectivity index (χ4v) is 5.69. The summed E-state index contributed by atoms with van der Waals surface area (Å²) in [6, 6.07) is 10.3. The maximum atomic E-state index is 14.7. The van der Waals surface area contributed by atoms with Gasteiger partial charge in [0.1, 0.15) is 5.60 Å². The van der Waals surface area contributed by atoms with Crippen molar-refractivity contribution in [1.82, 2.24) is 23.8 Å². The fourth-order valence-electron chi connectivity index (χ4n) is 4.95. The average molecular weight is 606 g/mol. The molecule has 11 heteroatoms. The Morgan fingerprint density at radius 3 is 2.49 bits per heavy atom. The zero-order valence-electron chi connectivity index (χ0n) is 25.0. The van der Waals surface area contributed by atoms with Crippen molar-refractivity contribution >= 4 is 17.6 Å². The summed E-state index contributed by atoms with van der Waals surface area (Å²) < 4.78 is 31.8. The Labute approximate surface area is 254 Å². The van der Waals surface area contributed by atoms with Crippen molar-refractivity contribution in [1.29, 1.82) is 0 Å². The Kier molecular flexibility index (Phi) is 8.91. The molecule has 0 N–H and O–H groups in total. The summed E-state index contributed by atoms with van der Waals surface area (Å²) in [4.78, 5) is 36.6. The lowest BCUT2D eigenvalue weighted by Gasteiger charge is -2.33. The molecule has 1 aliphatic heterocycles. The number of piperidine rings is 1. The molecule has 0 saturated carbocycles. The predicted molar refractivity (Wildman–Crippen MR) is 164 cm³/mol. The molecule has 0 bridgehead atoms. The highest BCUT2D eigenvalue weighted by atomic mass is 32.1. The number of pyridine rings is 1. The van der Waals surface area contributed by atoms with Crippen LogP contribution in [0.2, 0.25) is 0 Å². The molecule has 1 amide bonds. The van der Waals surface area contributed by atoms with Crippen LogP contribution in [-0.4, -0.2) is 55.2 Å². The van der Waals surface area contributed by atoms with E-state index in [-0.39, 0.29) is 6.09 Å². The summed E-state index contributed by atoms with van der Waals surface area (Å²) >= 11 is 1.27. The van der Waals surface area contributed by atoms with E-state index in [9.17, 15) is 14.0 Å². The van der Waals surface area contributed by atoms with Crippen molar-refractivity contribution in [3.63, 3.8) is 0 Å². The minimum Gasteiger partial charge on any atom is -0.490 e. The summed E-state index contributed by atoms with van der Waals surface area (Å²) in [6.07, 6.45) is 6.38. The summed E-state index contributed by atoms with van der Waals surface area (Å²) in [7, 11) is 0. The summed E-state index contributed by atoms with van der Waals surface area (Å²) in [5, 5.41) is 0. The van der Waals surface area contributed by atoms with Gasteiger partial charge in [0.15, 0.2) is 17.4 Å². The number of hydrogen-bond donors (Lipinski definition) is 0. The van der Waals surface area contributed by atoms with E-state index in [4.69, 9.17) is 9.47 Å². The molecule has 43 heavy (non-hydrogen) atoms. The highest BCUT2D eigenvalue weighted by Gasteiger charge is 2.27. The Balaban J connectivity index is 1.22. The molecule has 4 aromatic rings. The van der Waals surface area contributed by atoms with Crippen molar-refractivity contribution < 1.29 is 18.7 Å². The van der Waals surface area contributed by atoms with Crippen molar-refractivity contribution in [3.8, 4) is 27.6 Å². The third kappa shape index (κ3) is 7.45. The van der Waals surface area contributed by atoms with Gasteiger partial charge in [-0.15, -0.1) is 0 Å². The molecule has 1 aliphatic rings. The fraction of sp³-hybridized carbons (Fsp3) is 0.406. The molecular weight excluding hydrogens is 569 g/mol. The third-order valence-corrected chi connectivity index (χ3v) is 8.27. The maximum absolute atomic E-state index is 14.7. The number of amides is 1. The Hall–Kier alpha value is -4.12. The highest BCUT2D eigenvalue weighted by Crippen LogP contribution is 2.28. The molecule has 9 nitrogen and oxygen atoms in total. The van der Waals surface area contributed by atoms with Gasteiger partial charge in [0.2, 0.25) is 0 Å². The van der Waals surface area contributed by atoms with Crippen LogP contribution >= 0.6 is 11.5 Å². The lowest BCUT2D eigenvalue weighted by atomic mass is 9.98. The van der Waals surface area contributed by atoms with Gasteiger partial charge >= 0.3 is 6.09 Å². The van der Waals surface area contributed by atoms with E-state index in [0.29, 0.717) is 42.8 Å². The molecule has 4 heterocycles. The summed E-state index contributed by atoms with van der Waals surface area (Å²) in [6.45, 7) is 11.1. The van der Waals surface area contributed by atoms with E-state index in [1.54, 1.807) is 23.5 Å². The van der Waals surface area contributed by atoms with Gasteiger partial charge in [0, 0.05) is 30.4 Å². The Morgan fingerprint density at radius 1 is 1.12 bits per heavy atom. The van der Waals surface area contributed by atoms with Gasteiger partial charge in [0.25, 0.3) is 5.56 Å². The molecular formula is C32H36FN5O4S. The molecule has 1 fully saturated rings. The van der Waals surface area contributed by atoms with Crippen LogP contribution in [0.3, 0.4) is 0 Å². The predicted octanol–water partition coefficient (Wildman–Crippen LogP) is 6.51. The molecule has 1 atom stereocenters. The number of aromatic nitrogens is 4. The number of likely N-dealkylation sites (tertiary alicyclic amines) is 1. The monoisotopic (exact) mass is 605 g/mol. The number of halogens is 1. The van der Waals surface area contributed by atoms with Gasteiger partial charge in [-0.05, 0) is 88.7 Å². The Bertz CT molecular complexity index is 1640. The van der Waals surface area contributed by atoms with Gasteiger partial charge in [-0.25, -0.2) is 19.2 Å². The molecule has 1 unspecified atom stereocenters. The van der Waals surface area contributed by atoms with Crippen molar-refractivity contribution in [2.75, 3.05) is 19.7 Å². The van der Waals surface area contributed by atoms with Crippen LogP contribution in [0.25, 0.3) is 21.8 Å². The maximum Gasteiger partial charge on any atom is 0.410 e. The molecule has 0 aliphatic carbocycles. The summed E-state index contributed by atoms with van der Waals surface area (Å²) in [5.41, 5.74) is 1.85. The van der Waals surface area contributed by atoms with Gasteiger partial charge in [-0.1, -0.05) is 18.2 Å². The van der Waals surface area contributed by atoms with Crippen molar-refractivity contribution in [3.05, 3.63) is 82.4 Å². The number of hydrogen-bond acceptors (Lipinski definition) is 8. The second kappa shape index (κ2) is 12.6.